The minimum atomic E-state index is -1.50. The molecule has 1 aromatic carbocycles. The molecule has 0 aromatic heterocycles. The van der Waals surface area contributed by atoms with Gasteiger partial charge in [0.25, 0.3) is 5.91 Å². The maximum absolute atomic E-state index is 13.5. The van der Waals surface area contributed by atoms with Crippen molar-refractivity contribution >= 4 is 33.7 Å². The van der Waals surface area contributed by atoms with Crippen LogP contribution >= 0.6 is 15.9 Å². The van der Waals surface area contributed by atoms with Gasteiger partial charge in [0.15, 0.2) is 0 Å². The van der Waals surface area contributed by atoms with Gasteiger partial charge in [0.05, 0.1) is 12.0 Å². The Hall–Kier alpha value is -1.96. The van der Waals surface area contributed by atoms with E-state index in [9.17, 15) is 18.8 Å². The van der Waals surface area contributed by atoms with Crippen molar-refractivity contribution in [3.63, 3.8) is 0 Å². The molecule has 1 atom stereocenters. The van der Waals surface area contributed by atoms with Crippen LogP contribution in [0, 0.1) is 5.82 Å². The van der Waals surface area contributed by atoms with Gasteiger partial charge >= 0.3 is 5.97 Å². The molecule has 0 spiro atoms. The maximum Gasteiger partial charge on any atom is 0.326 e. The third-order valence-electron chi connectivity index (χ3n) is 2.20. The number of nitrogens with one attached hydrogen (secondary N) is 1. The smallest absolute Gasteiger partial charge is 0.326 e. The van der Waals surface area contributed by atoms with Gasteiger partial charge in [0.2, 0.25) is 5.91 Å². The fraction of sp³-hybridized carbons (Fsp3) is 0.182. The van der Waals surface area contributed by atoms with Crippen LogP contribution in [0.3, 0.4) is 0 Å². The maximum atomic E-state index is 13.5. The van der Waals surface area contributed by atoms with E-state index in [2.05, 4.69) is 15.9 Å². The number of primary amides is 1. The fourth-order valence-electron chi connectivity index (χ4n) is 1.35. The lowest BCUT2D eigenvalue weighted by Crippen LogP contribution is -2.43. The van der Waals surface area contributed by atoms with Crippen LogP contribution in [0.1, 0.15) is 16.8 Å². The highest BCUT2D eigenvalue weighted by molar-refractivity contribution is 9.10. The summed E-state index contributed by atoms with van der Waals surface area (Å²) in [5.74, 6) is -4.08. The van der Waals surface area contributed by atoms with Crippen molar-refractivity contribution in [3.05, 3.63) is 34.1 Å². The number of benzene rings is 1. The van der Waals surface area contributed by atoms with Crippen molar-refractivity contribution < 1.29 is 23.9 Å². The second-order valence-electron chi connectivity index (χ2n) is 3.63. The van der Waals surface area contributed by atoms with Crippen LogP contribution in [0.5, 0.6) is 0 Å². The van der Waals surface area contributed by atoms with Crippen LogP contribution in [-0.2, 0) is 9.59 Å². The Balaban J connectivity index is 2.94. The van der Waals surface area contributed by atoms with Gasteiger partial charge in [-0.25, -0.2) is 9.18 Å². The highest BCUT2D eigenvalue weighted by Crippen LogP contribution is 2.19. The number of hydrogen-bond acceptors (Lipinski definition) is 3. The zero-order valence-corrected chi connectivity index (χ0v) is 11.1. The predicted molar refractivity (Wildman–Crippen MR) is 66.8 cm³/mol. The molecule has 6 nitrogen and oxygen atoms in total. The molecule has 0 saturated heterocycles. The number of rotatable bonds is 5. The summed E-state index contributed by atoms with van der Waals surface area (Å²) >= 11 is 2.99. The van der Waals surface area contributed by atoms with Crippen molar-refractivity contribution in [2.75, 3.05) is 0 Å². The van der Waals surface area contributed by atoms with Gasteiger partial charge in [-0.2, -0.15) is 0 Å². The van der Waals surface area contributed by atoms with Gasteiger partial charge in [-0.1, -0.05) is 6.07 Å². The highest BCUT2D eigenvalue weighted by Gasteiger charge is 2.25. The summed E-state index contributed by atoms with van der Waals surface area (Å²) in [4.78, 5) is 33.3. The number of carboxylic acid groups (broad SMARTS) is 1. The van der Waals surface area contributed by atoms with Gasteiger partial charge in [-0.15, -0.1) is 0 Å². The summed E-state index contributed by atoms with van der Waals surface area (Å²) in [6, 6.07) is 2.37. The van der Waals surface area contributed by atoms with Crippen LogP contribution in [0.4, 0.5) is 4.39 Å². The summed E-state index contributed by atoms with van der Waals surface area (Å²) in [5, 5.41) is 10.9. The lowest BCUT2D eigenvalue weighted by molar-refractivity contribution is -0.140. The summed E-state index contributed by atoms with van der Waals surface area (Å²) in [5.41, 5.74) is 4.53. The highest BCUT2D eigenvalue weighted by atomic mass is 79.9. The first-order valence-corrected chi connectivity index (χ1v) is 5.88. The van der Waals surface area contributed by atoms with Gasteiger partial charge < -0.3 is 16.2 Å². The molecular formula is C11H10BrFN2O4. The Morgan fingerprint density at radius 2 is 2.05 bits per heavy atom. The van der Waals surface area contributed by atoms with Crippen LogP contribution in [0.2, 0.25) is 0 Å². The molecule has 8 heteroatoms. The van der Waals surface area contributed by atoms with Crippen LogP contribution < -0.4 is 11.1 Å². The van der Waals surface area contributed by atoms with Crippen LogP contribution in [0.15, 0.2) is 22.7 Å². The first kappa shape index (κ1) is 15.1. The normalized spacial score (nSPS) is 11.7. The molecule has 0 heterocycles. The van der Waals surface area contributed by atoms with Gasteiger partial charge in [-0.05, 0) is 28.1 Å². The molecule has 2 amide bonds. The van der Waals surface area contributed by atoms with Crippen LogP contribution in [-0.4, -0.2) is 28.9 Å². The van der Waals surface area contributed by atoms with E-state index in [1.807, 2.05) is 5.32 Å². The minimum absolute atomic E-state index is 0.174. The molecule has 0 bridgehead atoms. The van der Waals surface area contributed by atoms with E-state index >= 15 is 0 Å². The topological polar surface area (TPSA) is 109 Å². The molecule has 0 unspecified atom stereocenters. The fourth-order valence-corrected chi connectivity index (χ4v) is 1.87. The SMILES string of the molecule is NC(=O)C[C@@H](NC(=O)c1c(F)cccc1Br)C(=O)O. The molecule has 0 aliphatic heterocycles. The van der Waals surface area contributed by atoms with E-state index in [4.69, 9.17) is 10.8 Å². The Labute approximate surface area is 115 Å². The largest absolute Gasteiger partial charge is 0.480 e. The van der Waals surface area contributed by atoms with E-state index in [0.717, 1.165) is 6.07 Å². The number of nitrogens with two attached hydrogens (primary N) is 1. The standard InChI is InChI=1S/C11H10BrFN2O4/c12-5-2-1-3-6(13)9(5)10(17)15-7(11(18)19)4-8(14)16/h1-3,7H,4H2,(H2,14,16)(H,15,17)(H,18,19)/t7-/m1/s1. The third kappa shape index (κ3) is 4.02. The molecule has 19 heavy (non-hydrogen) atoms. The van der Waals surface area contributed by atoms with Crippen LogP contribution in [0.25, 0.3) is 0 Å². The number of carbonyl (C=O) groups is 3. The molecule has 1 rings (SSSR count). The summed E-state index contributed by atoms with van der Waals surface area (Å²) < 4.78 is 13.7. The molecule has 0 fully saturated rings. The molecule has 1 aromatic rings. The van der Waals surface area contributed by atoms with Crippen molar-refractivity contribution in [3.8, 4) is 0 Å². The molecule has 0 saturated carbocycles. The van der Waals surface area contributed by atoms with Crippen molar-refractivity contribution in [1.29, 1.82) is 0 Å². The molecule has 0 aliphatic rings. The number of hydrogen-bond donors (Lipinski definition) is 3. The Bertz CT molecular complexity index is 515. The second-order valence-corrected chi connectivity index (χ2v) is 4.49. The van der Waals surface area contributed by atoms with E-state index in [1.165, 1.54) is 12.1 Å². The number of halogens is 2. The zero-order valence-electron chi connectivity index (χ0n) is 9.52. The number of carboxylic acids is 1. The van der Waals surface area contributed by atoms with E-state index in [0.29, 0.717) is 0 Å². The first-order valence-electron chi connectivity index (χ1n) is 5.09. The first-order chi connectivity index (χ1) is 8.82. The lowest BCUT2D eigenvalue weighted by Gasteiger charge is -2.13. The predicted octanol–water partition coefficient (Wildman–Crippen LogP) is 0.647. The van der Waals surface area contributed by atoms with Gasteiger partial charge in [0.1, 0.15) is 11.9 Å². The average Bonchev–Trinajstić information content (AvgIpc) is 2.27. The molecule has 0 aliphatic carbocycles. The van der Waals surface area contributed by atoms with Crippen molar-refractivity contribution in [1.82, 2.24) is 5.32 Å². The Morgan fingerprint density at radius 3 is 2.53 bits per heavy atom. The Morgan fingerprint density at radius 1 is 1.42 bits per heavy atom. The molecular weight excluding hydrogens is 323 g/mol. The molecule has 4 N–H and O–H groups in total. The van der Waals surface area contributed by atoms with E-state index in [-0.39, 0.29) is 10.0 Å². The van der Waals surface area contributed by atoms with Crippen molar-refractivity contribution in [2.24, 2.45) is 5.73 Å². The number of aliphatic carboxylic acids is 1. The van der Waals surface area contributed by atoms with E-state index < -0.39 is 36.1 Å². The quantitative estimate of drug-likeness (QED) is 0.735. The third-order valence-corrected chi connectivity index (χ3v) is 2.86. The molecule has 0 radical (unpaired) electrons. The average molecular weight is 333 g/mol. The minimum Gasteiger partial charge on any atom is -0.480 e. The van der Waals surface area contributed by atoms with Gasteiger partial charge in [0, 0.05) is 4.47 Å². The lowest BCUT2D eigenvalue weighted by atomic mass is 10.1. The second kappa shape index (κ2) is 6.28. The summed E-state index contributed by atoms with van der Waals surface area (Å²) in [6.45, 7) is 0. The number of carbonyl (C=O) groups excluding carboxylic acids is 2. The summed E-state index contributed by atoms with van der Waals surface area (Å²) in [6.07, 6.45) is -0.576. The Kier molecular flexibility index (Phi) is 4.99. The van der Waals surface area contributed by atoms with Gasteiger partial charge in [-0.3, -0.25) is 9.59 Å². The van der Waals surface area contributed by atoms with E-state index in [1.54, 1.807) is 0 Å². The number of amides is 2. The summed E-state index contributed by atoms with van der Waals surface area (Å²) in [7, 11) is 0. The van der Waals surface area contributed by atoms with Crippen molar-refractivity contribution in [2.45, 2.75) is 12.5 Å². The zero-order chi connectivity index (χ0) is 14.6. The molecule has 102 valence electrons. The monoisotopic (exact) mass is 332 g/mol.